The summed E-state index contributed by atoms with van der Waals surface area (Å²) in [7, 11) is 0. The molecule has 0 aliphatic carbocycles. The van der Waals surface area contributed by atoms with E-state index >= 15 is 0 Å². The van der Waals surface area contributed by atoms with Gasteiger partial charge in [-0.05, 0) is 38.1 Å². The monoisotopic (exact) mass is 355 g/mol. The van der Waals surface area contributed by atoms with Gasteiger partial charge in [0.2, 0.25) is 0 Å². The highest BCUT2D eigenvalue weighted by atomic mass is 35.5. The molecule has 0 saturated heterocycles. The van der Waals surface area contributed by atoms with E-state index in [0.29, 0.717) is 15.9 Å². The Morgan fingerprint density at radius 1 is 1.17 bits per heavy atom. The second kappa shape index (κ2) is 9.69. The molecule has 0 fully saturated rings. The van der Waals surface area contributed by atoms with E-state index in [0.717, 1.165) is 13.2 Å². The fraction of sp³-hybridized carbons (Fsp3) is 0.312. The van der Waals surface area contributed by atoms with Crippen LogP contribution in [0.3, 0.4) is 0 Å². The van der Waals surface area contributed by atoms with Gasteiger partial charge in [-0.15, -0.1) is 0 Å². The number of aromatic nitrogens is 1. The van der Waals surface area contributed by atoms with Crippen molar-refractivity contribution in [1.82, 2.24) is 4.98 Å². The summed E-state index contributed by atoms with van der Waals surface area (Å²) in [4.78, 5) is 25.6. The Hall–Kier alpha value is -2.38. The van der Waals surface area contributed by atoms with E-state index in [1.165, 1.54) is 18.3 Å². The molecule has 0 spiro atoms. The molecule has 1 heterocycles. The third-order valence-corrected chi connectivity index (χ3v) is 3.11. The summed E-state index contributed by atoms with van der Waals surface area (Å²) in [5.41, 5.74) is 0.308. The van der Waals surface area contributed by atoms with E-state index in [1.54, 1.807) is 12.1 Å². The highest BCUT2D eigenvalue weighted by molar-refractivity contribution is 6.35. The molecule has 2 aromatic rings. The van der Waals surface area contributed by atoms with Crippen molar-refractivity contribution in [1.29, 1.82) is 0 Å². The number of benzene rings is 1. The number of carboxylic acid groups (broad SMARTS) is 2. The van der Waals surface area contributed by atoms with Gasteiger partial charge in [-0.3, -0.25) is 4.98 Å². The summed E-state index contributed by atoms with van der Waals surface area (Å²) >= 11 is 5.96. The van der Waals surface area contributed by atoms with Gasteiger partial charge in [0.05, 0.1) is 5.02 Å². The molecule has 0 radical (unpaired) electrons. The van der Waals surface area contributed by atoms with Crippen molar-refractivity contribution in [2.24, 2.45) is 0 Å². The molecule has 2 rings (SSSR count). The topological polar surface area (TPSA) is 106 Å². The minimum absolute atomic E-state index is 0.0507. The van der Waals surface area contributed by atoms with Crippen molar-refractivity contribution < 1.29 is 29.3 Å². The van der Waals surface area contributed by atoms with Gasteiger partial charge in [-0.2, -0.15) is 0 Å². The van der Waals surface area contributed by atoms with E-state index in [-0.39, 0.29) is 5.75 Å². The Balaban J connectivity index is 0.000000505. The molecule has 0 aliphatic heterocycles. The molecule has 0 amide bonds. The van der Waals surface area contributed by atoms with Crippen LogP contribution in [0.4, 0.5) is 0 Å². The van der Waals surface area contributed by atoms with Gasteiger partial charge < -0.3 is 19.7 Å². The largest absolute Gasteiger partial charge is 0.478 e. The molecule has 1 aromatic carbocycles. The fourth-order valence-corrected chi connectivity index (χ4v) is 1.96. The van der Waals surface area contributed by atoms with Crippen molar-refractivity contribution in [2.75, 3.05) is 13.2 Å². The first-order valence-electron chi connectivity index (χ1n) is 7.15. The highest BCUT2D eigenvalue weighted by Crippen LogP contribution is 2.30. The lowest BCUT2D eigenvalue weighted by Gasteiger charge is -2.12. The van der Waals surface area contributed by atoms with Crippen LogP contribution in [0.5, 0.6) is 5.75 Å². The zero-order valence-electron chi connectivity index (χ0n) is 13.2. The van der Waals surface area contributed by atoms with Crippen LogP contribution in [0.25, 0.3) is 10.9 Å². The Kier molecular flexibility index (Phi) is 7.94. The van der Waals surface area contributed by atoms with Gasteiger partial charge in [0.15, 0.2) is 0 Å². The molecule has 0 aliphatic rings. The smallest absolute Gasteiger partial charge is 0.356 e. The maximum absolute atomic E-state index is 10.8. The standard InChI is InChI=1S/C12H8ClNO5.C4H10O/c13-7-3-4-8(9-6(7)2-1-5-14-9)19-10(11(15)16)12(17)18;1-3-5-4-2/h1-5,10H,(H,15,16)(H,17,18);3-4H2,1-2H3. The number of fused-ring (bicyclic) bond motifs is 1. The first-order valence-corrected chi connectivity index (χ1v) is 7.53. The fourth-order valence-electron chi connectivity index (χ4n) is 1.74. The first kappa shape index (κ1) is 19.7. The Morgan fingerprint density at radius 2 is 1.79 bits per heavy atom. The van der Waals surface area contributed by atoms with Gasteiger partial charge in [-0.25, -0.2) is 9.59 Å². The molecule has 0 atom stereocenters. The highest BCUT2D eigenvalue weighted by Gasteiger charge is 2.28. The number of carbonyl (C=O) groups is 2. The Labute approximate surface area is 143 Å². The molecule has 130 valence electrons. The predicted octanol–water partition coefficient (Wildman–Crippen LogP) is 2.85. The second-order valence-electron chi connectivity index (χ2n) is 4.40. The molecule has 7 nitrogen and oxygen atoms in total. The molecule has 8 heteroatoms. The van der Waals surface area contributed by atoms with Crippen molar-refractivity contribution in [3.05, 3.63) is 35.5 Å². The SMILES string of the molecule is CCOCC.O=C(O)C(Oc1ccc(Cl)c2cccnc12)C(=O)O. The Bertz CT molecular complexity index is 690. The van der Waals surface area contributed by atoms with Gasteiger partial charge >= 0.3 is 11.9 Å². The number of hydrogen-bond donors (Lipinski definition) is 2. The van der Waals surface area contributed by atoms with Crippen molar-refractivity contribution in [3.63, 3.8) is 0 Å². The van der Waals surface area contributed by atoms with Crippen LogP contribution in [0.15, 0.2) is 30.5 Å². The number of hydrogen-bond acceptors (Lipinski definition) is 5. The third-order valence-electron chi connectivity index (χ3n) is 2.78. The summed E-state index contributed by atoms with van der Waals surface area (Å²) in [6.07, 6.45) is -0.520. The summed E-state index contributed by atoms with van der Waals surface area (Å²) in [6.45, 7) is 5.67. The van der Waals surface area contributed by atoms with Crippen LogP contribution in [0.2, 0.25) is 5.02 Å². The second-order valence-corrected chi connectivity index (χ2v) is 4.81. The van der Waals surface area contributed by atoms with E-state index < -0.39 is 18.0 Å². The number of pyridine rings is 1. The average Bonchev–Trinajstić information content (AvgIpc) is 2.55. The number of carboxylic acids is 2. The van der Waals surface area contributed by atoms with Crippen LogP contribution in [0.1, 0.15) is 13.8 Å². The minimum Gasteiger partial charge on any atom is -0.478 e. The van der Waals surface area contributed by atoms with Crippen LogP contribution in [-0.2, 0) is 14.3 Å². The molecular formula is C16H18ClNO6. The zero-order valence-corrected chi connectivity index (χ0v) is 14.0. The van der Waals surface area contributed by atoms with E-state index in [9.17, 15) is 9.59 Å². The summed E-state index contributed by atoms with van der Waals surface area (Å²) in [6, 6.07) is 6.20. The number of ether oxygens (including phenoxy) is 2. The maximum atomic E-state index is 10.8. The van der Waals surface area contributed by atoms with Gasteiger partial charge in [0, 0.05) is 24.8 Å². The van der Waals surface area contributed by atoms with Gasteiger partial charge in [0.1, 0.15) is 11.3 Å². The van der Waals surface area contributed by atoms with Gasteiger partial charge in [0.25, 0.3) is 6.10 Å². The lowest BCUT2D eigenvalue weighted by Crippen LogP contribution is -2.35. The first-order chi connectivity index (χ1) is 11.4. The van der Waals surface area contributed by atoms with E-state index in [4.69, 9.17) is 31.3 Å². The zero-order chi connectivity index (χ0) is 18.1. The van der Waals surface area contributed by atoms with Crippen molar-refractivity contribution in [2.45, 2.75) is 20.0 Å². The molecule has 1 aromatic heterocycles. The number of halogens is 1. The van der Waals surface area contributed by atoms with Crippen LogP contribution in [-0.4, -0.2) is 46.5 Å². The van der Waals surface area contributed by atoms with Crippen LogP contribution in [0, 0.1) is 0 Å². The number of nitrogens with zero attached hydrogens (tertiary/aromatic N) is 1. The van der Waals surface area contributed by atoms with Crippen LogP contribution < -0.4 is 4.74 Å². The van der Waals surface area contributed by atoms with Crippen molar-refractivity contribution >= 4 is 34.4 Å². The van der Waals surface area contributed by atoms with Gasteiger partial charge in [-0.1, -0.05) is 11.6 Å². The normalized spacial score (nSPS) is 10.2. The maximum Gasteiger partial charge on any atom is 0.356 e. The lowest BCUT2D eigenvalue weighted by molar-refractivity contribution is -0.158. The molecule has 24 heavy (non-hydrogen) atoms. The molecular weight excluding hydrogens is 338 g/mol. The number of rotatable bonds is 6. The molecule has 0 saturated carbocycles. The van der Waals surface area contributed by atoms with Crippen LogP contribution >= 0.6 is 11.6 Å². The van der Waals surface area contributed by atoms with E-state index in [1.807, 2.05) is 13.8 Å². The average molecular weight is 356 g/mol. The summed E-state index contributed by atoms with van der Waals surface area (Å²) in [5, 5.41) is 18.5. The quantitative estimate of drug-likeness (QED) is 0.767. The number of aliphatic carboxylic acids is 2. The predicted molar refractivity (Wildman–Crippen MR) is 88.6 cm³/mol. The minimum atomic E-state index is -1.99. The third kappa shape index (κ3) is 5.36. The molecule has 0 unspecified atom stereocenters. The van der Waals surface area contributed by atoms with E-state index in [2.05, 4.69) is 4.98 Å². The summed E-state index contributed by atoms with van der Waals surface area (Å²) in [5.74, 6) is -3.13. The molecule has 2 N–H and O–H groups in total. The summed E-state index contributed by atoms with van der Waals surface area (Å²) < 4.78 is 9.82. The van der Waals surface area contributed by atoms with Crippen molar-refractivity contribution in [3.8, 4) is 5.75 Å². The molecule has 0 bridgehead atoms. The lowest BCUT2D eigenvalue weighted by atomic mass is 10.2. The Morgan fingerprint density at radius 3 is 2.29 bits per heavy atom.